The molecule has 0 radical (unpaired) electrons. The molecule has 20 heavy (non-hydrogen) atoms. The Balaban J connectivity index is 2.17. The molecule has 0 atom stereocenters. The van der Waals surface area contributed by atoms with Crippen LogP contribution in [0.1, 0.15) is 26.3 Å². The van der Waals surface area contributed by atoms with E-state index in [0.29, 0.717) is 0 Å². The summed E-state index contributed by atoms with van der Waals surface area (Å²) >= 11 is 0. The lowest BCUT2D eigenvalue weighted by Crippen LogP contribution is -2.35. The highest BCUT2D eigenvalue weighted by Crippen LogP contribution is 2.19. The van der Waals surface area contributed by atoms with Crippen LogP contribution < -0.4 is 5.48 Å². The Bertz CT molecular complexity index is 665. The van der Waals surface area contributed by atoms with E-state index in [0.717, 1.165) is 16.5 Å². The maximum atomic E-state index is 12.0. The van der Waals surface area contributed by atoms with Crippen molar-refractivity contribution in [3.05, 3.63) is 36.0 Å². The second kappa shape index (κ2) is 5.00. The molecule has 0 saturated heterocycles. The normalized spacial score (nSPS) is 11.4. The number of hydrogen-bond donors (Lipinski definition) is 1. The van der Waals surface area contributed by atoms with Gasteiger partial charge in [-0.15, -0.1) is 0 Å². The molecular formula is C15H18N2O3. The maximum Gasteiger partial charge on any atom is 0.359 e. The Kier molecular flexibility index (Phi) is 3.53. The number of aromatic nitrogens is 1. The Morgan fingerprint density at radius 2 is 1.90 bits per heavy atom. The van der Waals surface area contributed by atoms with E-state index >= 15 is 0 Å². The number of hydroxylamine groups is 1. The molecule has 0 saturated carbocycles. The number of hydrogen-bond acceptors (Lipinski definition) is 3. The highest BCUT2D eigenvalue weighted by atomic mass is 16.7. The number of nitrogens with zero attached hydrogens (tertiary/aromatic N) is 1. The van der Waals surface area contributed by atoms with Gasteiger partial charge in [0.15, 0.2) is 0 Å². The number of aryl methyl sites for hydroxylation is 1. The van der Waals surface area contributed by atoms with E-state index in [2.05, 4.69) is 5.48 Å². The van der Waals surface area contributed by atoms with Gasteiger partial charge in [-0.1, -0.05) is 12.1 Å². The fourth-order valence-electron chi connectivity index (χ4n) is 1.79. The van der Waals surface area contributed by atoms with Crippen LogP contribution in [0.2, 0.25) is 0 Å². The van der Waals surface area contributed by atoms with Crippen molar-refractivity contribution in [1.29, 1.82) is 0 Å². The van der Waals surface area contributed by atoms with Crippen molar-refractivity contribution >= 4 is 22.9 Å². The molecule has 0 bridgehead atoms. The molecule has 2 aromatic rings. The lowest BCUT2D eigenvalue weighted by atomic mass is 9.98. The minimum Gasteiger partial charge on any atom is -0.339 e. The summed E-state index contributed by atoms with van der Waals surface area (Å²) in [6, 6.07) is 7.05. The third-order valence-electron chi connectivity index (χ3n) is 3.01. The summed E-state index contributed by atoms with van der Waals surface area (Å²) < 4.78 is 1.41. The molecule has 2 rings (SSSR count). The average Bonchev–Trinajstić information content (AvgIpc) is 2.79. The molecule has 0 spiro atoms. The third kappa shape index (κ3) is 2.66. The van der Waals surface area contributed by atoms with Crippen LogP contribution in [0.3, 0.4) is 0 Å². The SMILES string of the molecule is Cc1cccc2c1ccn2C(=O)NOC(=O)C(C)(C)C. The molecule has 0 aliphatic carbocycles. The van der Waals surface area contributed by atoms with Crippen LogP contribution in [0.5, 0.6) is 0 Å². The first kappa shape index (κ1) is 14.1. The largest absolute Gasteiger partial charge is 0.359 e. The fourth-order valence-corrected chi connectivity index (χ4v) is 1.79. The first-order valence-corrected chi connectivity index (χ1v) is 6.39. The number of nitrogens with one attached hydrogen (secondary N) is 1. The van der Waals surface area contributed by atoms with E-state index in [4.69, 9.17) is 4.84 Å². The summed E-state index contributed by atoms with van der Waals surface area (Å²) in [7, 11) is 0. The van der Waals surface area contributed by atoms with E-state index < -0.39 is 17.4 Å². The van der Waals surface area contributed by atoms with Crippen LogP contribution in [0.25, 0.3) is 10.9 Å². The van der Waals surface area contributed by atoms with Gasteiger partial charge >= 0.3 is 12.0 Å². The van der Waals surface area contributed by atoms with Crippen molar-refractivity contribution in [2.24, 2.45) is 5.41 Å². The van der Waals surface area contributed by atoms with Crippen molar-refractivity contribution < 1.29 is 14.4 Å². The molecule has 5 nitrogen and oxygen atoms in total. The molecule has 5 heteroatoms. The molecule has 0 unspecified atom stereocenters. The second-order valence-corrected chi connectivity index (χ2v) is 5.74. The van der Waals surface area contributed by atoms with Crippen molar-refractivity contribution in [2.75, 3.05) is 0 Å². The summed E-state index contributed by atoms with van der Waals surface area (Å²) in [5.41, 5.74) is 3.37. The minimum absolute atomic E-state index is 0.488. The first-order chi connectivity index (χ1) is 9.30. The zero-order valence-electron chi connectivity index (χ0n) is 12.1. The Morgan fingerprint density at radius 3 is 2.55 bits per heavy atom. The Morgan fingerprint density at radius 1 is 1.20 bits per heavy atom. The number of fused-ring (bicyclic) bond motifs is 1. The number of amides is 1. The van der Waals surface area contributed by atoms with Gasteiger partial charge in [0.05, 0.1) is 10.9 Å². The predicted octanol–water partition coefficient (Wildman–Crippen LogP) is 3.01. The van der Waals surface area contributed by atoms with Crippen molar-refractivity contribution in [3.63, 3.8) is 0 Å². The standard InChI is InChI=1S/C15H18N2O3/c1-10-6-5-7-12-11(10)8-9-17(12)14(19)16-20-13(18)15(2,3)4/h5-9H,1-4H3,(H,16,19). The summed E-state index contributed by atoms with van der Waals surface area (Å²) in [5, 5.41) is 0.991. The molecule has 1 amide bonds. The van der Waals surface area contributed by atoms with Crippen LogP contribution >= 0.6 is 0 Å². The topological polar surface area (TPSA) is 60.3 Å². The van der Waals surface area contributed by atoms with Crippen LogP contribution in [0.15, 0.2) is 30.5 Å². The quantitative estimate of drug-likeness (QED) is 0.751. The Labute approximate surface area is 117 Å². The van der Waals surface area contributed by atoms with Crippen LogP contribution in [0, 0.1) is 12.3 Å². The van der Waals surface area contributed by atoms with E-state index in [9.17, 15) is 9.59 Å². The lowest BCUT2D eigenvalue weighted by Gasteiger charge is -2.16. The second-order valence-electron chi connectivity index (χ2n) is 5.74. The molecule has 106 valence electrons. The fraction of sp³-hybridized carbons (Fsp3) is 0.333. The van der Waals surface area contributed by atoms with Gasteiger partial charge < -0.3 is 4.84 Å². The van der Waals surface area contributed by atoms with E-state index in [1.807, 2.05) is 31.2 Å². The zero-order valence-corrected chi connectivity index (χ0v) is 12.1. The van der Waals surface area contributed by atoms with Gasteiger partial charge in [0.2, 0.25) is 0 Å². The smallest absolute Gasteiger partial charge is 0.339 e. The van der Waals surface area contributed by atoms with Gasteiger partial charge in [0.25, 0.3) is 0 Å². The molecule has 1 heterocycles. The average molecular weight is 274 g/mol. The summed E-state index contributed by atoms with van der Waals surface area (Å²) in [6.45, 7) is 7.13. The number of carbonyl (C=O) groups excluding carboxylic acids is 2. The van der Waals surface area contributed by atoms with E-state index in [-0.39, 0.29) is 0 Å². The first-order valence-electron chi connectivity index (χ1n) is 6.39. The third-order valence-corrected chi connectivity index (χ3v) is 3.01. The summed E-state index contributed by atoms with van der Waals surface area (Å²) in [4.78, 5) is 28.5. The number of rotatable bonds is 0. The van der Waals surface area contributed by atoms with Crippen molar-refractivity contribution in [1.82, 2.24) is 10.0 Å². The molecule has 1 aromatic carbocycles. The van der Waals surface area contributed by atoms with Gasteiger partial charge in [-0.2, -0.15) is 5.48 Å². The van der Waals surface area contributed by atoms with E-state index in [1.165, 1.54) is 4.57 Å². The minimum atomic E-state index is -0.664. The highest BCUT2D eigenvalue weighted by molar-refractivity contribution is 5.93. The van der Waals surface area contributed by atoms with Crippen molar-refractivity contribution in [3.8, 4) is 0 Å². The Hall–Kier alpha value is -2.30. The van der Waals surface area contributed by atoms with Gasteiger partial charge in [0.1, 0.15) is 0 Å². The van der Waals surface area contributed by atoms with Crippen LogP contribution in [-0.2, 0) is 9.63 Å². The number of carbonyl (C=O) groups is 2. The van der Waals surface area contributed by atoms with Gasteiger partial charge in [-0.05, 0) is 45.4 Å². The molecule has 1 aromatic heterocycles. The van der Waals surface area contributed by atoms with E-state index in [1.54, 1.807) is 27.0 Å². The van der Waals surface area contributed by atoms with Gasteiger partial charge in [-0.25, -0.2) is 9.59 Å². The summed E-state index contributed by atoms with van der Waals surface area (Å²) in [6.07, 6.45) is 1.65. The molecule has 0 aliphatic heterocycles. The molecule has 0 aliphatic rings. The van der Waals surface area contributed by atoms with Crippen LogP contribution in [0.4, 0.5) is 4.79 Å². The predicted molar refractivity (Wildman–Crippen MR) is 76.2 cm³/mol. The zero-order chi connectivity index (χ0) is 14.9. The van der Waals surface area contributed by atoms with Crippen molar-refractivity contribution in [2.45, 2.75) is 27.7 Å². The maximum absolute atomic E-state index is 12.0. The van der Waals surface area contributed by atoms with Crippen LogP contribution in [-0.4, -0.2) is 16.6 Å². The van der Waals surface area contributed by atoms with Gasteiger partial charge in [0, 0.05) is 11.6 Å². The molecule has 1 N–H and O–H groups in total. The number of benzene rings is 1. The molecule has 0 fully saturated rings. The summed E-state index contributed by atoms with van der Waals surface area (Å²) in [5.74, 6) is -0.488. The lowest BCUT2D eigenvalue weighted by molar-refractivity contribution is -0.158. The molecular weight excluding hydrogens is 256 g/mol. The highest BCUT2D eigenvalue weighted by Gasteiger charge is 2.24. The van der Waals surface area contributed by atoms with Gasteiger partial charge in [-0.3, -0.25) is 4.57 Å². The monoisotopic (exact) mass is 274 g/mol.